The lowest BCUT2D eigenvalue weighted by atomic mass is 10.1. The van der Waals surface area contributed by atoms with E-state index in [-0.39, 0.29) is 16.9 Å². The average molecular weight is 362 g/mol. The first-order valence-electron chi connectivity index (χ1n) is 7.84. The van der Waals surface area contributed by atoms with E-state index in [0.29, 0.717) is 36.4 Å². The number of nitrogens with zero attached hydrogens (tertiary/aromatic N) is 3. The van der Waals surface area contributed by atoms with Crippen molar-refractivity contribution in [1.82, 2.24) is 9.97 Å². The van der Waals surface area contributed by atoms with E-state index in [0.717, 1.165) is 5.56 Å². The number of benzene rings is 2. The van der Waals surface area contributed by atoms with Gasteiger partial charge in [0.05, 0.1) is 11.6 Å². The molecule has 1 fully saturated rings. The highest BCUT2D eigenvalue weighted by molar-refractivity contribution is 6.30. The molecule has 1 saturated heterocycles. The minimum absolute atomic E-state index is 0.0628. The number of morpholine rings is 1. The molecule has 4 nitrogen and oxygen atoms in total. The van der Waals surface area contributed by atoms with Gasteiger partial charge in [0.25, 0.3) is 0 Å². The Balaban J connectivity index is 1.68. The van der Waals surface area contributed by atoms with Crippen LogP contribution < -0.4 is 4.90 Å². The minimum atomic E-state index is -0.463. The maximum Gasteiger partial charge on any atom is 0.149 e. The van der Waals surface area contributed by atoms with Crippen molar-refractivity contribution in [2.24, 2.45) is 0 Å². The zero-order chi connectivity index (χ0) is 17.4. The van der Waals surface area contributed by atoms with Gasteiger partial charge in [-0.15, -0.1) is 0 Å². The molecule has 128 valence electrons. The predicted molar refractivity (Wildman–Crippen MR) is 91.8 cm³/mol. The number of anilines is 1. The van der Waals surface area contributed by atoms with Crippen LogP contribution in [0.15, 0.2) is 42.7 Å². The van der Waals surface area contributed by atoms with Crippen LogP contribution in [-0.4, -0.2) is 29.7 Å². The lowest BCUT2D eigenvalue weighted by Crippen LogP contribution is -2.39. The molecule has 1 unspecified atom stereocenters. The lowest BCUT2D eigenvalue weighted by Gasteiger charge is -2.34. The van der Waals surface area contributed by atoms with Gasteiger partial charge < -0.3 is 9.64 Å². The number of halogens is 3. The van der Waals surface area contributed by atoms with Gasteiger partial charge in [-0.3, -0.25) is 0 Å². The zero-order valence-electron chi connectivity index (χ0n) is 13.1. The van der Waals surface area contributed by atoms with E-state index in [9.17, 15) is 8.78 Å². The Morgan fingerprint density at radius 2 is 2.00 bits per heavy atom. The van der Waals surface area contributed by atoms with Crippen LogP contribution in [0.25, 0.3) is 10.9 Å². The second-order valence-electron chi connectivity index (χ2n) is 5.81. The summed E-state index contributed by atoms with van der Waals surface area (Å²) < 4.78 is 33.2. The molecular weight excluding hydrogens is 348 g/mol. The molecule has 0 bridgehead atoms. The molecule has 3 aromatic rings. The quantitative estimate of drug-likeness (QED) is 0.687. The van der Waals surface area contributed by atoms with Crippen LogP contribution in [0, 0.1) is 11.6 Å². The van der Waals surface area contributed by atoms with Gasteiger partial charge >= 0.3 is 0 Å². The Labute approximate surface area is 148 Å². The number of aromatic nitrogens is 2. The number of hydrogen-bond donors (Lipinski definition) is 0. The van der Waals surface area contributed by atoms with E-state index < -0.39 is 5.82 Å². The van der Waals surface area contributed by atoms with Gasteiger partial charge in [-0.05, 0) is 29.8 Å². The van der Waals surface area contributed by atoms with Crippen molar-refractivity contribution in [3.63, 3.8) is 0 Å². The minimum Gasteiger partial charge on any atom is -0.370 e. The van der Waals surface area contributed by atoms with Crippen LogP contribution in [0.5, 0.6) is 0 Å². The van der Waals surface area contributed by atoms with E-state index >= 15 is 0 Å². The highest BCUT2D eigenvalue weighted by Gasteiger charge is 2.25. The number of para-hydroxylation sites is 1. The molecule has 1 atom stereocenters. The van der Waals surface area contributed by atoms with Gasteiger partial charge in [-0.25, -0.2) is 18.7 Å². The third-order valence-electron chi connectivity index (χ3n) is 4.28. The lowest BCUT2D eigenvalue weighted by molar-refractivity contribution is 0.0396. The Bertz CT molecular complexity index is 937. The Kier molecular flexibility index (Phi) is 4.23. The highest BCUT2D eigenvalue weighted by Crippen LogP contribution is 2.31. The van der Waals surface area contributed by atoms with Crippen molar-refractivity contribution < 1.29 is 13.5 Å². The first-order valence-corrected chi connectivity index (χ1v) is 8.22. The van der Waals surface area contributed by atoms with Gasteiger partial charge in [0.1, 0.15) is 35.4 Å². The zero-order valence-corrected chi connectivity index (χ0v) is 13.9. The number of fused-ring (bicyclic) bond motifs is 1. The van der Waals surface area contributed by atoms with Crippen molar-refractivity contribution in [3.05, 3.63) is 64.9 Å². The van der Waals surface area contributed by atoms with E-state index in [1.165, 1.54) is 18.5 Å². The summed E-state index contributed by atoms with van der Waals surface area (Å²) in [6.07, 6.45) is 1.09. The van der Waals surface area contributed by atoms with Crippen molar-refractivity contribution >= 4 is 28.3 Å². The van der Waals surface area contributed by atoms with Crippen LogP contribution in [0.2, 0.25) is 5.02 Å². The fraction of sp³-hybridized carbons (Fsp3) is 0.222. The van der Waals surface area contributed by atoms with Crippen LogP contribution in [0.4, 0.5) is 14.6 Å². The molecule has 0 saturated carbocycles. The Morgan fingerprint density at radius 3 is 2.84 bits per heavy atom. The highest BCUT2D eigenvalue weighted by atomic mass is 35.5. The van der Waals surface area contributed by atoms with E-state index in [1.54, 1.807) is 24.3 Å². The number of rotatable bonds is 2. The van der Waals surface area contributed by atoms with E-state index in [2.05, 4.69) is 9.97 Å². The third-order valence-corrected chi connectivity index (χ3v) is 4.57. The summed E-state index contributed by atoms with van der Waals surface area (Å²) in [4.78, 5) is 10.4. The monoisotopic (exact) mass is 361 g/mol. The SMILES string of the molecule is Fc1ccc(C2CN(c3ncnc4c(F)cccc34)CCO2)cc1Cl. The molecule has 0 radical (unpaired) electrons. The van der Waals surface area contributed by atoms with E-state index in [4.69, 9.17) is 16.3 Å². The van der Waals surface area contributed by atoms with Gasteiger partial charge in [0, 0.05) is 18.5 Å². The second-order valence-corrected chi connectivity index (χ2v) is 6.22. The summed E-state index contributed by atoms with van der Waals surface area (Å²) >= 11 is 5.88. The van der Waals surface area contributed by atoms with Crippen molar-refractivity contribution in [2.45, 2.75) is 6.10 Å². The van der Waals surface area contributed by atoms with Gasteiger partial charge in [0.15, 0.2) is 0 Å². The molecule has 2 heterocycles. The first kappa shape index (κ1) is 16.2. The van der Waals surface area contributed by atoms with Gasteiger partial charge in [-0.1, -0.05) is 23.7 Å². The number of ether oxygens (including phenoxy) is 1. The van der Waals surface area contributed by atoms with Crippen molar-refractivity contribution in [2.75, 3.05) is 24.6 Å². The van der Waals surface area contributed by atoms with Crippen LogP contribution >= 0.6 is 11.6 Å². The second kappa shape index (κ2) is 6.54. The summed E-state index contributed by atoms with van der Waals surface area (Å²) in [6.45, 7) is 1.60. The van der Waals surface area contributed by atoms with Crippen molar-refractivity contribution in [1.29, 1.82) is 0 Å². The maximum atomic E-state index is 14.0. The van der Waals surface area contributed by atoms with Gasteiger partial charge in [-0.2, -0.15) is 0 Å². The smallest absolute Gasteiger partial charge is 0.149 e. The molecule has 7 heteroatoms. The molecule has 4 rings (SSSR count). The molecule has 1 aromatic heterocycles. The van der Waals surface area contributed by atoms with E-state index in [1.807, 2.05) is 4.90 Å². The van der Waals surface area contributed by atoms with Crippen molar-refractivity contribution in [3.8, 4) is 0 Å². The molecule has 0 aliphatic carbocycles. The predicted octanol–water partition coefficient (Wildman–Crippen LogP) is 4.14. The standard InChI is InChI=1S/C18H14ClF2N3O/c19-13-8-11(4-5-14(13)20)16-9-24(6-7-25-16)18-12-2-1-3-15(21)17(12)22-10-23-18/h1-5,8,10,16H,6-7,9H2. The summed E-state index contributed by atoms with van der Waals surface area (Å²) in [6, 6.07) is 9.38. The summed E-state index contributed by atoms with van der Waals surface area (Å²) in [5, 5.41) is 0.716. The summed E-state index contributed by atoms with van der Waals surface area (Å²) in [7, 11) is 0. The normalized spacial score (nSPS) is 17.9. The fourth-order valence-corrected chi connectivity index (χ4v) is 3.23. The van der Waals surface area contributed by atoms with Crippen LogP contribution in [-0.2, 0) is 4.74 Å². The van der Waals surface area contributed by atoms with Crippen LogP contribution in [0.3, 0.4) is 0 Å². The molecule has 1 aliphatic rings. The molecule has 25 heavy (non-hydrogen) atoms. The molecule has 1 aliphatic heterocycles. The summed E-state index contributed by atoms with van der Waals surface area (Å²) in [5.41, 5.74) is 1.08. The van der Waals surface area contributed by atoms with Crippen LogP contribution in [0.1, 0.15) is 11.7 Å². The fourth-order valence-electron chi connectivity index (χ4n) is 3.05. The van der Waals surface area contributed by atoms with Gasteiger partial charge in [0.2, 0.25) is 0 Å². The Morgan fingerprint density at radius 1 is 1.12 bits per heavy atom. The molecule has 0 N–H and O–H groups in total. The Hall–Kier alpha value is -2.31. The first-order chi connectivity index (χ1) is 12.1. The molecule has 0 amide bonds. The maximum absolute atomic E-state index is 14.0. The largest absolute Gasteiger partial charge is 0.370 e. The third kappa shape index (κ3) is 3.03. The molecule has 2 aromatic carbocycles. The molecule has 0 spiro atoms. The summed E-state index contributed by atoms with van der Waals surface area (Å²) in [5.74, 6) is -0.183. The topological polar surface area (TPSA) is 38.2 Å². The average Bonchev–Trinajstić information content (AvgIpc) is 2.64. The molecular formula is C18H14ClF2N3O. The number of hydrogen-bond acceptors (Lipinski definition) is 4.